The Kier molecular flexibility index (Phi) is 2.36. The van der Waals surface area contributed by atoms with E-state index in [0.717, 1.165) is 12.8 Å². The summed E-state index contributed by atoms with van der Waals surface area (Å²) < 4.78 is 0. The molecule has 0 unspecified atom stereocenters. The van der Waals surface area contributed by atoms with Crippen LogP contribution in [0.2, 0.25) is 0 Å². The molecule has 0 aliphatic heterocycles. The van der Waals surface area contributed by atoms with Crippen molar-refractivity contribution in [2.75, 3.05) is 0 Å². The average Bonchev–Trinajstić information content (AvgIpc) is 2.86. The normalized spacial score (nSPS) is 25.6. The van der Waals surface area contributed by atoms with Crippen LogP contribution >= 0.6 is 11.6 Å². The van der Waals surface area contributed by atoms with Crippen LogP contribution in [0.15, 0.2) is 30.3 Å². The lowest BCUT2D eigenvalue weighted by molar-refractivity contribution is -0.113. The first kappa shape index (κ1) is 8.76. The minimum Gasteiger partial charge on any atom is -0.281 e. The minimum absolute atomic E-state index is 0.127. The van der Waals surface area contributed by atoms with Crippen LogP contribution < -0.4 is 0 Å². The predicted octanol–water partition coefficient (Wildman–Crippen LogP) is 2.63. The maximum atomic E-state index is 10.8. The fraction of sp³-hybridized carbons (Fsp3) is 0.364. The van der Waals surface area contributed by atoms with Gasteiger partial charge in [0.1, 0.15) is 0 Å². The van der Waals surface area contributed by atoms with Crippen molar-refractivity contribution >= 4 is 16.8 Å². The zero-order valence-electron chi connectivity index (χ0n) is 7.24. The number of benzene rings is 1. The van der Waals surface area contributed by atoms with E-state index in [0.29, 0.717) is 5.92 Å². The highest BCUT2D eigenvalue weighted by Gasteiger charge is 2.41. The highest BCUT2D eigenvalue weighted by molar-refractivity contribution is 6.64. The molecule has 13 heavy (non-hydrogen) atoms. The van der Waals surface area contributed by atoms with Crippen LogP contribution in [-0.4, -0.2) is 5.24 Å². The van der Waals surface area contributed by atoms with Crippen molar-refractivity contribution in [3.63, 3.8) is 0 Å². The Morgan fingerprint density at radius 2 is 2.08 bits per heavy atom. The zero-order chi connectivity index (χ0) is 9.26. The molecule has 0 amide bonds. The molecule has 1 aliphatic rings. The molecule has 2 atom stereocenters. The molecule has 1 aromatic carbocycles. The lowest BCUT2D eigenvalue weighted by atomic mass is 10.1. The summed E-state index contributed by atoms with van der Waals surface area (Å²) in [4.78, 5) is 10.8. The summed E-state index contributed by atoms with van der Waals surface area (Å²) >= 11 is 5.40. The van der Waals surface area contributed by atoms with E-state index < -0.39 is 0 Å². The van der Waals surface area contributed by atoms with Gasteiger partial charge in [0.15, 0.2) is 0 Å². The average molecular weight is 195 g/mol. The second kappa shape index (κ2) is 3.51. The van der Waals surface area contributed by atoms with Gasteiger partial charge in [-0.15, -0.1) is 0 Å². The van der Waals surface area contributed by atoms with E-state index in [9.17, 15) is 4.79 Å². The summed E-state index contributed by atoms with van der Waals surface area (Å²) in [6, 6.07) is 10.2. The summed E-state index contributed by atoms with van der Waals surface area (Å²) in [5, 5.41) is -0.166. The number of carbonyl (C=O) groups is 1. The molecule has 0 radical (unpaired) electrons. The van der Waals surface area contributed by atoms with Gasteiger partial charge in [0.25, 0.3) is 0 Å². The van der Waals surface area contributed by atoms with Gasteiger partial charge in [-0.3, -0.25) is 4.79 Å². The zero-order valence-corrected chi connectivity index (χ0v) is 8.00. The minimum atomic E-state index is -0.166. The van der Waals surface area contributed by atoms with Crippen molar-refractivity contribution in [1.82, 2.24) is 0 Å². The van der Waals surface area contributed by atoms with Gasteiger partial charge in [0.2, 0.25) is 5.24 Å². The predicted molar refractivity (Wildman–Crippen MR) is 52.6 cm³/mol. The first-order valence-corrected chi connectivity index (χ1v) is 4.88. The van der Waals surface area contributed by atoms with Crippen molar-refractivity contribution in [3.05, 3.63) is 35.9 Å². The number of halogens is 1. The highest BCUT2D eigenvalue weighted by atomic mass is 35.5. The van der Waals surface area contributed by atoms with Crippen LogP contribution in [0.1, 0.15) is 12.0 Å². The SMILES string of the molecule is O=C(Cl)[C@@H]1C[C@H]1Cc1ccccc1. The van der Waals surface area contributed by atoms with E-state index in [1.54, 1.807) is 0 Å². The summed E-state index contributed by atoms with van der Waals surface area (Å²) in [6.07, 6.45) is 1.96. The van der Waals surface area contributed by atoms with Crippen molar-refractivity contribution in [2.45, 2.75) is 12.8 Å². The third-order valence-electron chi connectivity index (χ3n) is 2.55. The molecule has 2 rings (SSSR count). The van der Waals surface area contributed by atoms with E-state index in [4.69, 9.17) is 11.6 Å². The van der Waals surface area contributed by atoms with Gasteiger partial charge in [-0.05, 0) is 35.9 Å². The van der Waals surface area contributed by atoms with Gasteiger partial charge in [0, 0.05) is 5.92 Å². The van der Waals surface area contributed by atoms with Gasteiger partial charge >= 0.3 is 0 Å². The third kappa shape index (κ3) is 2.10. The van der Waals surface area contributed by atoms with Gasteiger partial charge in [-0.2, -0.15) is 0 Å². The van der Waals surface area contributed by atoms with Crippen LogP contribution in [0.4, 0.5) is 0 Å². The molecule has 1 aromatic rings. The van der Waals surface area contributed by atoms with Crippen LogP contribution in [-0.2, 0) is 11.2 Å². The first-order chi connectivity index (χ1) is 6.27. The van der Waals surface area contributed by atoms with E-state index >= 15 is 0 Å². The molecule has 0 heterocycles. The Labute approximate surface area is 82.7 Å². The second-order valence-electron chi connectivity index (χ2n) is 3.60. The monoisotopic (exact) mass is 194 g/mol. The lowest BCUT2D eigenvalue weighted by Crippen LogP contribution is -1.95. The van der Waals surface area contributed by atoms with Gasteiger partial charge < -0.3 is 0 Å². The summed E-state index contributed by atoms with van der Waals surface area (Å²) in [6.45, 7) is 0. The second-order valence-corrected chi connectivity index (χ2v) is 3.97. The molecule has 68 valence electrons. The maximum Gasteiger partial charge on any atom is 0.225 e. The molecule has 2 heteroatoms. The Bertz CT molecular complexity index is 307. The molecule has 0 spiro atoms. The summed E-state index contributed by atoms with van der Waals surface area (Å²) in [5.41, 5.74) is 1.30. The molecule has 1 nitrogen and oxygen atoms in total. The molecule has 1 fully saturated rings. The molecule has 0 N–H and O–H groups in total. The Balaban J connectivity index is 1.92. The van der Waals surface area contributed by atoms with Crippen molar-refractivity contribution in [2.24, 2.45) is 11.8 Å². The van der Waals surface area contributed by atoms with Gasteiger partial charge in [0.05, 0.1) is 0 Å². The molecule has 0 saturated heterocycles. The summed E-state index contributed by atoms with van der Waals surface area (Å²) in [7, 11) is 0. The quantitative estimate of drug-likeness (QED) is 0.677. The van der Waals surface area contributed by atoms with Crippen molar-refractivity contribution in [3.8, 4) is 0 Å². The number of carbonyl (C=O) groups excluding carboxylic acids is 1. The Morgan fingerprint density at radius 3 is 2.62 bits per heavy atom. The molecule has 1 aliphatic carbocycles. The Morgan fingerprint density at radius 1 is 1.38 bits per heavy atom. The number of hydrogen-bond donors (Lipinski definition) is 0. The lowest BCUT2D eigenvalue weighted by Gasteiger charge is -1.97. The molecule has 1 saturated carbocycles. The van der Waals surface area contributed by atoms with Gasteiger partial charge in [-0.25, -0.2) is 0 Å². The summed E-state index contributed by atoms with van der Waals surface area (Å²) in [5.74, 6) is 0.620. The third-order valence-corrected chi connectivity index (χ3v) is 2.84. The van der Waals surface area contributed by atoms with E-state index in [-0.39, 0.29) is 11.2 Å². The van der Waals surface area contributed by atoms with Crippen LogP contribution in [0, 0.1) is 11.8 Å². The first-order valence-electron chi connectivity index (χ1n) is 4.50. The van der Waals surface area contributed by atoms with Gasteiger partial charge in [-0.1, -0.05) is 30.3 Å². The van der Waals surface area contributed by atoms with Crippen LogP contribution in [0.25, 0.3) is 0 Å². The number of hydrogen-bond acceptors (Lipinski definition) is 1. The van der Waals surface area contributed by atoms with Crippen LogP contribution in [0.3, 0.4) is 0 Å². The Hall–Kier alpha value is -0.820. The van der Waals surface area contributed by atoms with E-state index in [1.807, 2.05) is 18.2 Å². The fourth-order valence-electron chi connectivity index (χ4n) is 1.67. The standard InChI is InChI=1S/C11H11ClO/c12-11(13)10-7-9(10)6-8-4-2-1-3-5-8/h1-5,9-10H,6-7H2/t9-,10-/m1/s1. The topological polar surface area (TPSA) is 17.1 Å². The van der Waals surface area contributed by atoms with Crippen molar-refractivity contribution in [1.29, 1.82) is 0 Å². The fourth-order valence-corrected chi connectivity index (χ4v) is 1.94. The van der Waals surface area contributed by atoms with E-state index in [2.05, 4.69) is 12.1 Å². The molecular weight excluding hydrogens is 184 g/mol. The highest BCUT2D eigenvalue weighted by Crippen LogP contribution is 2.42. The largest absolute Gasteiger partial charge is 0.281 e. The van der Waals surface area contributed by atoms with Crippen molar-refractivity contribution < 1.29 is 4.79 Å². The molecule has 0 bridgehead atoms. The molecular formula is C11H11ClO. The number of rotatable bonds is 3. The van der Waals surface area contributed by atoms with Crippen LogP contribution in [0.5, 0.6) is 0 Å². The molecule has 0 aromatic heterocycles. The maximum absolute atomic E-state index is 10.8. The smallest absolute Gasteiger partial charge is 0.225 e. The van der Waals surface area contributed by atoms with E-state index in [1.165, 1.54) is 5.56 Å².